The number of carbonyl (C=O) groups is 1. The van der Waals surface area contributed by atoms with Crippen molar-refractivity contribution in [2.45, 2.75) is 72.0 Å². The summed E-state index contributed by atoms with van der Waals surface area (Å²) in [6.07, 6.45) is 3.98. The monoisotopic (exact) mass is 315 g/mol. The summed E-state index contributed by atoms with van der Waals surface area (Å²) in [5, 5.41) is 6.82. The summed E-state index contributed by atoms with van der Waals surface area (Å²) >= 11 is 0. The van der Waals surface area contributed by atoms with Crippen molar-refractivity contribution in [3.05, 3.63) is 28.6 Å². The average molecular weight is 315 g/mol. The Morgan fingerprint density at radius 3 is 2.43 bits per heavy atom. The van der Waals surface area contributed by atoms with Crippen molar-refractivity contribution in [1.82, 2.24) is 15.6 Å². The zero-order valence-electron chi connectivity index (χ0n) is 14.8. The number of hydrogen-bond acceptors (Lipinski definition) is 3. The van der Waals surface area contributed by atoms with Gasteiger partial charge in [0.25, 0.3) is 5.91 Å². The number of amides is 1. The van der Waals surface area contributed by atoms with E-state index in [0.29, 0.717) is 17.9 Å². The quantitative estimate of drug-likeness (QED) is 0.882. The molecule has 23 heavy (non-hydrogen) atoms. The van der Waals surface area contributed by atoms with E-state index in [0.717, 1.165) is 49.2 Å². The minimum Gasteiger partial charge on any atom is -0.349 e. The highest BCUT2D eigenvalue weighted by Gasteiger charge is 2.27. The van der Waals surface area contributed by atoms with Crippen LogP contribution in [0.25, 0.3) is 0 Å². The van der Waals surface area contributed by atoms with E-state index >= 15 is 0 Å². The maximum Gasteiger partial charge on any atom is 0.253 e. The third-order valence-corrected chi connectivity index (χ3v) is 5.39. The van der Waals surface area contributed by atoms with E-state index in [2.05, 4.69) is 44.4 Å². The summed E-state index contributed by atoms with van der Waals surface area (Å²) in [4.78, 5) is 17.5. The van der Waals surface area contributed by atoms with Crippen molar-refractivity contribution < 1.29 is 4.79 Å². The normalized spacial score (nSPS) is 24.7. The van der Waals surface area contributed by atoms with E-state index < -0.39 is 0 Å². The Morgan fingerprint density at radius 2 is 1.74 bits per heavy atom. The molecule has 0 fully saturated rings. The van der Waals surface area contributed by atoms with Gasteiger partial charge < -0.3 is 10.6 Å². The van der Waals surface area contributed by atoms with Crippen LogP contribution in [0.1, 0.15) is 67.8 Å². The predicted molar refractivity (Wildman–Crippen MR) is 92.4 cm³/mol. The number of fused-ring (bicyclic) bond motifs is 2. The van der Waals surface area contributed by atoms with Crippen LogP contribution in [0, 0.1) is 11.8 Å². The Bertz CT molecular complexity index is 595. The average Bonchev–Trinajstić information content (AvgIpc) is 2.80. The Balaban J connectivity index is 1.88. The van der Waals surface area contributed by atoms with Crippen molar-refractivity contribution in [1.29, 1.82) is 0 Å². The topological polar surface area (TPSA) is 54.0 Å². The molecule has 2 atom stereocenters. The lowest BCUT2D eigenvalue weighted by Crippen LogP contribution is -2.37. The van der Waals surface area contributed by atoms with Crippen molar-refractivity contribution in [3.63, 3.8) is 0 Å². The number of aromatic nitrogens is 1. The molecule has 1 aromatic heterocycles. The summed E-state index contributed by atoms with van der Waals surface area (Å²) in [7, 11) is 0. The SMILES string of the molecule is CC(C)C1CCc2cc3c(nc2CN1)CCC(C(C)C)NC3=O. The lowest BCUT2D eigenvalue weighted by atomic mass is 9.96. The molecular weight excluding hydrogens is 286 g/mol. The highest BCUT2D eigenvalue weighted by Crippen LogP contribution is 2.24. The lowest BCUT2D eigenvalue weighted by molar-refractivity contribution is 0.0928. The van der Waals surface area contributed by atoms with Crippen LogP contribution in [0.3, 0.4) is 0 Å². The van der Waals surface area contributed by atoms with Gasteiger partial charge in [-0.15, -0.1) is 0 Å². The third-order valence-electron chi connectivity index (χ3n) is 5.39. The van der Waals surface area contributed by atoms with Gasteiger partial charge in [-0.05, 0) is 49.1 Å². The molecule has 4 heteroatoms. The van der Waals surface area contributed by atoms with Crippen molar-refractivity contribution in [2.75, 3.05) is 0 Å². The molecule has 4 nitrogen and oxygen atoms in total. The van der Waals surface area contributed by atoms with Gasteiger partial charge in [-0.1, -0.05) is 27.7 Å². The molecule has 0 bridgehead atoms. The van der Waals surface area contributed by atoms with Gasteiger partial charge >= 0.3 is 0 Å². The van der Waals surface area contributed by atoms with E-state index in [1.807, 2.05) is 0 Å². The molecule has 1 aromatic rings. The maximum atomic E-state index is 12.6. The number of rotatable bonds is 2. The number of carbonyl (C=O) groups excluding carboxylic acids is 1. The number of hydrogen-bond donors (Lipinski definition) is 2. The minimum absolute atomic E-state index is 0.0594. The van der Waals surface area contributed by atoms with Gasteiger partial charge in [-0.3, -0.25) is 9.78 Å². The van der Waals surface area contributed by atoms with E-state index in [9.17, 15) is 4.79 Å². The first-order chi connectivity index (χ1) is 11.0. The van der Waals surface area contributed by atoms with Gasteiger partial charge in [0.15, 0.2) is 0 Å². The summed E-state index contributed by atoms with van der Waals surface area (Å²) in [5.41, 5.74) is 4.17. The molecule has 0 radical (unpaired) electrons. The molecule has 0 aromatic carbocycles. The Labute approximate surface area is 139 Å². The summed E-state index contributed by atoms with van der Waals surface area (Å²) in [6.45, 7) is 9.67. The van der Waals surface area contributed by atoms with Crippen LogP contribution >= 0.6 is 0 Å². The van der Waals surface area contributed by atoms with Gasteiger partial charge in [-0.25, -0.2) is 0 Å². The standard InChI is InChI=1S/C19H29N3O/c1-11(2)15-6-5-13-9-14-17(21-18(13)10-20-15)8-7-16(12(3)4)22-19(14)23/h9,11-12,15-16,20H,5-8,10H2,1-4H3,(H,22,23). The summed E-state index contributed by atoms with van der Waals surface area (Å²) in [5.74, 6) is 1.14. The number of nitrogens with one attached hydrogen (secondary N) is 2. The van der Waals surface area contributed by atoms with Crippen LogP contribution < -0.4 is 10.6 Å². The van der Waals surface area contributed by atoms with E-state index in [1.54, 1.807) is 0 Å². The van der Waals surface area contributed by atoms with Crippen molar-refractivity contribution >= 4 is 5.91 Å². The molecule has 126 valence electrons. The minimum atomic E-state index is 0.0594. The predicted octanol–water partition coefficient (Wildman–Crippen LogP) is 2.84. The highest BCUT2D eigenvalue weighted by atomic mass is 16.1. The van der Waals surface area contributed by atoms with Crippen molar-refractivity contribution in [3.8, 4) is 0 Å². The molecule has 0 saturated carbocycles. The Hall–Kier alpha value is -1.42. The molecule has 1 amide bonds. The highest BCUT2D eigenvalue weighted by molar-refractivity contribution is 5.96. The smallest absolute Gasteiger partial charge is 0.253 e. The zero-order chi connectivity index (χ0) is 16.6. The first-order valence-corrected chi connectivity index (χ1v) is 9.01. The molecule has 2 aliphatic heterocycles. The molecular formula is C19H29N3O. The largest absolute Gasteiger partial charge is 0.349 e. The van der Waals surface area contributed by atoms with Crippen LogP contribution in [-0.2, 0) is 19.4 Å². The first-order valence-electron chi connectivity index (χ1n) is 9.01. The van der Waals surface area contributed by atoms with Crippen LogP contribution in [0.15, 0.2) is 6.07 Å². The van der Waals surface area contributed by atoms with Gasteiger partial charge in [0.05, 0.1) is 17.0 Å². The van der Waals surface area contributed by atoms with E-state index in [4.69, 9.17) is 4.98 Å². The maximum absolute atomic E-state index is 12.6. The van der Waals surface area contributed by atoms with Crippen LogP contribution in [0.5, 0.6) is 0 Å². The fourth-order valence-corrected chi connectivity index (χ4v) is 3.71. The molecule has 0 aliphatic carbocycles. The molecule has 0 spiro atoms. The summed E-state index contributed by atoms with van der Waals surface area (Å²) in [6, 6.07) is 2.89. The fourth-order valence-electron chi connectivity index (χ4n) is 3.71. The van der Waals surface area contributed by atoms with Gasteiger partial charge in [0.2, 0.25) is 0 Å². The third kappa shape index (κ3) is 3.42. The molecule has 0 saturated heterocycles. The molecule has 3 heterocycles. The lowest BCUT2D eigenvalue weighted by Gasteiger charge is -2.19. The van der Waals surface area contributed by atoms with E-state index in [-0.39, 0.29) is 11.9 Å². The van der Waals surface area contributed by atoms with Crippen molar-refractivity contribution in [2.24, 2.45) is 11.8 Å². The second kappa shape index (κ2) is 6.60. The Kier molecular flexibility index (Phi) is 4.72. The first kappa shape index (κ1) is 16.4. The van der Waals surface area contributed by atoms with Gasteiger partial charge in [0, 0.05) is 18.6 Å². The summed E-state index contributed by atoms with van der Waals surface area (Å²) < 4.78 is 0. The number of pyridine rings is 1. The van der Waals surface area contributed by atoms with Gasteiger partial charge in [0.1, 0.15) is 0 Å². The molecule has 3 rings (SSSR count). The molecule has 2 N–H and O–H groups in total. The van der Waals surface area contributed by atoms with Gasteiger partial charge in [-0.2, -0.15) is 0 Å². The van der Waals surface area contributed by atoms with E-state index in [1.165, 1.54) is 5.56 Å². The second-order valence-corrected chi connectivity index (χ2v) is 7.72. The van der Waals surface area contributed by atoms with Crippen LogP contribution in [-0.4, -0.2) is 23.0 Å². The van der Waals surface area contributed by atoms with Crippen LogP contribution in [0.4, 0.5) is 0 Å². The Morgan fingerprint density at radius 1 is 1.04 bits per heavy atom. The number of aryl methyl sites for hydroxylation is 2. The molecule has 2 unspecified atom stereocenters. The zero-order valence-corrected chi connectivity index (χ0v) is 14.8. The molecule has 2 aliphatic rings. The number of nitrogens with zero attached hydrogens (tertiary/aromatic N) is 1. The second-order valence-electron chi connectivity index (χ2n) is 7.72. The van der Waals surface area contributed by atoms with Crippen LogP contribution in [0.2, 0.25) is 0 Å². The fraction of sp³-hybridized carbons (Fsp3) is 0.684.